The number of piperidine rings is 1. The average Bonchev–Trinajstić information content (AvgIpc) is 2.35. The molecule has 1 aliphatic heterocycles. The number of nitrogens with zero attached hydrogens (tertiary/aromatic N) is 1. The minimum atomic E-state index is -0.763. The van der Waals surface area contributed by atoms with Gasteiger partial charge in [0.05, 0.1) is 7.11 Å². The number of aliphatic carboxylic acids is 1. The molecule has 0 bridgehead atoms. The van der Waals surface area contributed by atoms with Crippen LogP contribution in [0, 0.1) is 5.92 Å². The number of ether oxygens (including phenoxy) is 1. The quantitative estimate of drug-likeness (QED) is 0.766. The molecular formula is C12H22N2O4. The molecule has 0 saturated carbocycles. The summed E-state index contributed by atoms with van der Waals surface area (Å²) in [4.78, 5) is 24.0. The molecule has 0 aromatic heterocycles. The number of hydrogen-bond acceptors (Lipinski definition) is 4. The van der Waals surface area contributed by atoms with Crippen LogP contribution in [0.1, 0.15) is 26.2 Å². The highest BCUT2D eigenvalue weighted by Crippen LogP contribution is 2.21. The first kappa shape index (κ1) is 14.8. The maximum absolute atomic E-state index is 11.2. The molecule has 6 nitrogen and oxygen atoms in total. The Labute approximate surface area is 107 Å². The molecule has 1 saturated heterocycles. The lowest BCUT2D eigenvalue weighted by atomic mass is 9.90. The molecule has 1 fully saturated rings. The first-order valence-corrected chi connectivity index (χ1v) is 6.33. The molecule has 18 heavy (non-hydrogen) atoms. The zero-order chi connectivity index (χ0) is 13.5. The number of carboxylic acid groups (broad SMARTS) is 1. The van der Waals surface area contributed by atoms with Gasteiger partial charge in [0.25, 0.3) is 0 Å². The van der Waals surface area contributed by atoms with Gasteiger partial charge in [0.1, 0.15) is 0 Å². The molecule has 0 aromatic rings. The van der Waals surface area contributed by atoms with E-state index in [2.05, 4.69) is 21.9 Å². The first-order valence-electron chi connectivity index (χ1n) is 6.33. The second kappa shape index (κ2) is 7.20. The number of alkyl carbamates (subject to hydrolysis) is 1. The minimum absolute atomic E-state index is 0.0462. The molecule has 2 unspecified atom stereocenters. The van der Waals surface area contributed by atoms with Crippen molar-refractivity contribution in [3.8, 4) is 0 Å². The number of hydrogen-bond donors (Lipinski definition) is 2. The highest BCUT2D eigenvalue weighted by atomic mass is 16.5. The van der Waals surface area contributed by atoms with Crippen LogP contribution in [-0.2, 0) is 9.53 Å². The van der Waals surface area contributed by atoms with Crippen molar-refractivity contribution in [1.29, 1.82) is 0 Å². The Morgan fingerprint density at radius 1 is 1.44 bits per heavy atom. The standard InChI is InChI=1S/C12H22N2O4/c1-3-14-7-9(4-5-11(15)16)6-10(8-14)13-12(17)18-2/h9-10H,3-8H2,1-2H3,(H,13,17)(H,15,16). The SMILES string of the molecule is CCN1CC(CCC(=O)O)CC(NC(=O)OC)C1. The van der Waals surface area contributed by atoms with Gasteiger partial charge in [0.2, 0.25) is 0 Å². The van der Waals surface area contributed by atoms with E-state index in [1.165, 1.54) is 7.11 Å². The van der Waals surface area contributed by atoms with Crippen molar-refractivity contribution in [3.63, 3.8) is 0 Å². The van der Waals surface area contributed by atoms with E-state index in [1.54, 1.807) is 0 Å². The molecule has 2 N–H and O–H groups in total. The summed E-state index contributed by atoms with van der Waals surface area (Å²) in [6.45, 7) is 4.68. The Morgan fingerprint density at radius 2 is 2.17 bits per heavy atom. The van der Waals surface area contributed by atoms with Gasteiger partial charge in [-0.2, -0.15) is 0 Å². The highest BCUT2D eigenvalue weighted by molar-refractivity contribution is 5.67. The Balaban J connectivity index is 2.48. The number of carbonyl (C=O) groups excluding carboxylic acids is 1. The second-order valence-electron chi connectivity index (χ2n) is 4.72. The minimum Gasteiger partial charge on any atom is -0.481 e. The maximum Gasteiger partial charge on any atom is 0.407 e. The number of carboxylic acids is 1. The lowest BCUT2D eigenvalue weighted by Crippen LogP contribution is -2.50. The van der Waals surface area contributed by atoms with Crippen molar-refractivity contribution in [3.05, 3.63) is 0 Å². The summed E-state index contributed by atoms with van der Waals surface area (Å²) in [5.41, 5.74) is 0. The van der Waals surface area contributed by atoms with Crippen molar-refractivity contribution >= 4 is 12.1 Å². The number of amides is 1. The molecule has 2 atom stereocenters. The molecule has 1 heterocycles. The second-order valence-corrected chi connectivity index (χ2v) is 4.72. The molecule has 1 aliphatic rings. The van der Waals surface area contributed by atoms with Crippen molar-refractivity contribution in [2.45, 2.75) is 32.2 Å². The van der Waals surface area contributed by atoms with Gasteiger partial charge in [0, 0.05) is 25.6 Å². The summed E-state index contributed by atoms with van der Waals surface area (Å²) in [7, 11) is 1.34. The number of likely N-dealkylation sites (N-methyl/N-ethyl adjacent to an activating group) is 1. The van der Waals surface area contributed by atoms with Gasteiger partial charge in [-0.15, -0.1) is 0 Å². The number of carbonyl (C=O) groups is 2. The summed E-state index contributed by atoms with van der Waals surface area (Å²) in [5, 5.41) is 11.5. The van der Waals surface area contributed by atoms with E-state index in [0.29, 0.717) is 12.3 Å². The fourth-order valence-electron chi connectivity index (χ4n) is 2.43. The van der Waals surface area contributed by atoms with Crippen LogP contribution in [0.4, 0.5) is 4.79 Å². The molecule has 0 radical (unpaired) electrons. The van der Waals surface area contributed by atoms with E-state index in [0.717, 1.165) is 26.1 Å². The molecule has 104 valence electrons. The summed E-state index contributed by atoms with van der Waals surface area (Å²) in [5.74, 6) is -0.446. The zero-order valence-electron chi connectivity index (χ0n) is 11.0. The third kappa shape index (κ3) is 4.91. The van der Waals surface area contributed by atoms with Gasteiger partial charge in [0.15, 0.2) is 0 Å². The molecule has 1 amide bonds. The molecule has 0 aromatic carbocycles. The van der Waals surface area contributed by atoms with Crippen LogP contribution in [0.3, 0.4) is 0 Å². The molecule has 1 rings (SSSR count). The van der Waals surface area contributed by atoms with Crippen molar-refractivity contribution in [2.24, 2.45) is 5.92 Å². The van der Waals surface area contributed by atoms with Gasteiger partial charge in [-0.3, -0.25) is 4.79 Å². The van der Waals surface area contributed by atoms with Crippen LogP contribution >= 0.6 is 0 Å². The Bertz CT molecular complexity index is 296. The fourth-order valence-corrected chi connectivity index (χ4v) is 2.43. The molecule has 6 heteroatoms. The predicted octanol–water partition coefficient (Wildman–Crippen LogP) is 0.918. The summed E-state index contributed by atoms with van der Waals surface area (Å²) in [6, 6.07) is 0.0462. The van der Waals surface area contributed by atoms with Gasteiger partial charge < -0.3 is 20.1 Å². The first-order chi connectivity index (χ1) is 8.55. The zero-order valence-corrected chi connectivity index (χ0v) is 11.0. The highest BCUT2D eigenvalue weighted by Gasteiger charge is 2.27. The third-order valence-corrected chi connectivity index (χ3v) is 3.33. The van der Waals surface area contributed by atoms with Crippen LogP contribution in [0.25, 0.3) is 0 Å². The fraction of sp³-hybridized carbons (Fsp3) is 0.833. The predicted molar refractivity (Wildman–Crippen MR) is 66.4 cm³/mol. The topological polar surface area (TPSA) is 78.9 Å². The average molecular weight is 258 g/mol. The van der Waals surface area contributed by atoms with Gasteiger partial charge in [-0.1, -0.05) is 6.92 Å². The largest absolute Gasteiger partial charge is 0.481 e. The Kier molecular flexibility index (Phi) is 5.91. The third-order valence-electron chi connectivity index (χ3n) is 3.33. The number of likely N-dealkylation sites (tertiary alicyclic amines) is 1. The molecular weight excluding hydrogens is 236 g/mol. The van der Waals surface area contributed by atoms with Crippen LogP contribution in [0.5, 0.6) is 0 Å². The lowest BCUT2D eigenvalue weighted by molar-refractivity contribution is -0.137. The van der Waals surface area contributed by atoms with Crippen LogP contribution < -0.4 is 5.32 Å². The van der Waals surface area contributed by atoms with Gasteiger partial charge >= 0.3 is 12.1 Å². The summed E-state index contributed by atoms with van der Waals surface area (Å²) in [6.07, 6.45) is 1.24. The smallest absolute Gasteiger partial charge is 0.407 e. The normalized spacial score (nSPS) is 24.6. The van der Waals surface area contributed by atoms with E-state index in [1.807, 2.05) is 0 Å². The maximum atomic E-state index is 11.2. The van der Waals surface area contributed by atoms with E-state index in [-0.39, 0.29) is 12.5 Å². The van der Waals surface area contributed by atoms with Crippen LogP contribution in [0.15, 0.2) is 0 Å². The van der Waals surface area contributed by atoms with E-state index in [4.69, 9.17) is 5.11 Å². The van der Waals surface area contributed by atoms with E-state index < -0.39 is 12.1 Å². The van der Waals surface area contributed by atoms with Crippen molar-refractivity contribution in [2.75, 3.05) is 26.7 Å². The summed E-state index contributed by atoms with van der Waals surface area (Å²) < 4.78 is 4.59. The Hall–Kier alpha value is -1.30. The Morgan fingerprint density at radius 3 is 2.72 bits per heavy atom. The molecule has 0 aliphatic carbocycles. The number of methoxy groups -OCH3 is 1. The van der Waals surface area contributed by atoms with Crippen LogP contribution in [0.2, 0.25) is 0 Å². The monoisotopic (exact) mass is 258 g/mol. The summed E-state index contributed by atoms with van der Waals surface area (Å²) >= 11 is 0. The van der Waals surface area contributed by atoms with Crippen molar-refractivity contribution < 1.29 is 19.4 Å². The lowest BCUT2D eigenvalue weighted by Gasteiger charge is -2.37. The van der Waals surface area contributed by atoms with Gasteiger partial charge in [-0.05, 0) is 25.3 Å². The number of nitrogens with one attached hydrogen (secondary N) is 1. The van der Waals surface area contributed by atoms with E-state index >= 15 is 0 Å². The van der Waals surface area contributed by atoms with Crippen LogP contribution in [-0.4, -0.2) is 54.9 Å². The van der Waals surface area contributed by atoms with Gasteiger partial charge in [-0.25, -0.2) is 4.79 Å². The van der Waals surface area contributed by atoms with E-state index in [9.17, 15) is 9.59 Å². The number of rotatable bonds is 5. The molecule has 0 spiro atoms. The van der Waals surface area contributed by atoms with Crippen molar-refractivity contribution in [1.82, 2.24) is 10.2 Å².